The van der Waals surface area contributed by atoms with Crippen LogP contribution in [0.25, 0.3) is 0 Å². The van der Waals surface area contributed by atoms with Crippen molar-refractivity contribution in [1.82, 2.24) is 10.6 Å². The Labute approximate surface area is 128 Å². The lowest BCUT2D eigenvalue weighted by Crippen LogP contribution is -2.56. The number of hydrogen-bond acceptors (Lipinski definition) is 4. The average Bonchev–Trinajstić information content (AvgIpc) is 2.49. The summed E-state index contributed by atoms with van der Waals surface area (Å²) in [6.45, 7) is 3.79. The van der Waals surface area contributed by atoms with Crippen LogP contribution >= 0.6 is 11.6 Å². The van der Waals surface area contributed by atoms with Crippen molar-refractivity contribution in [2.75, 3.05) is 19.8 Å². The van der Waals surface area contributed by atoms with Crippen molar-refractivity contribution in [3.63, 3.8) is 0 Å². The van der Waals surface area contributed by atoms with Gasteiger partial charge in [0.25, 0.3) is 0 Å². The topological polar surface area (TPSA) is 59.6 Å². The van der Waals surface area contributed by atoms with Gasteiger partial charge in [0.15, 0.2) is 0 Å². The largest absolute Gasteiger partial charge is 0.492 e. The predicted octanol–water partition coefficient (Wildman–Crippen LogP) is 1.66. The van der Waals surface area contributed by atoms with Crippen molar-refractivity contribution in [3.05, 3.63) is 28.8 Å². The molecule has 6 heteroatoms. The molecule has 0 bridgehead atoms. The molecule has 2 aliphatic heterocycles. The highest BCUT2D eigenvalue weighted by atomic mass is 35.5. The minimum absolute atomic E-state index is 0.0416. The van der Waals surface area contributed by atoms with E-state index in [0.29, 0.717) is 30.5 Å². The van der Waals surface area contributed by atoms with Crippen LogP contribution in [0, 0.1) is 0 Å². The maximum atomic E-state index is 12.4. The molecular formula is C15H19ClN2O3. The van der Waals surface area contributed by atoms with Crippen LogP contribution in [-0.4, -0.2) is 37.8 Å². The number of carbonyl (C=O) groups is 1. The van der Waals surface area contributed by atoms with E-state index in [1.807, 2.05) is 19.1 Å². The first-order chi connectivity index (χ1) is 10.2. The van der Waals surface area contributed by atoms with Crippen molar-refractivity contribution < 1.29 is 14.3 Å². The lowest BCUT2D eigenvalue weighted by Gasteiger charge is -2.32. The van der Waals surface area contributed by atoms with E-state index in [1.54, 1.807) is 6.07 Å². The average molecular weight is 311 g/mol. The molecule has 1 amide bonds. The second kappa shape index (κ2) is 6.22. The molecule has 0 aromatic heterocycles. The van der Waals surface area contributed by atoms with Gasteiger partial charge in [-0.1, -0.05) is 23.7 Å². The zero-order chi connectivity index (χ0) is 14.8. The smallest absolute Gasteiger partial charge is 0.240 e. The zero-order valence-corrected chi connectivity index (χ0v) is 12.7. The quantitative estimate of drug-likeness (QED) is 0.872. The molecule has 3 rings (SSSR count). The van der Waals surface area contributed by atoms with E-state index in [1.165, 1.54) is 0 Å². The molecule has 0 radical (unpaired) electrons. The number of halogens is 1. The summed E-state index contributed by atoms with van der Waals surface area (Å²) in [6, 6.07) is 5.22. The number of nitrogens with one attached hydrogen (secondary N) is 2. The summed E-state index contributed by atoms with van der Waals surface area (Å²) < 4.78 is 11.1. The first-order valence-electron chi connectivity index (χ1n) is 7.23. The second-order valence-electron chi connectivity index (χ2n) is 5.36. The zero-order valence-electron chi connectivity index (χ0n) is 11.9. The molecule has 0 saturated carbocycles. The van der Waals surface area contributed by atoms with E-state index in [4.69, 9.17) is 21.1 Å². The number of hydrogen-bond donors (Lipinski definition) is 2. The monoisotopic (exact) mass is 310 g/mol. The molecule has 2 N–H and O–H groups in total. The summed E-state index contributed by atoms with van der Waals surface area (Å²) in [5.41, 5.74) is 0.937. The van der Waals surface area contributed by atoms with Gasteiger partial charge in [-0.15, -0.1) is 0 Å². The molecule has 1 unspecified atom stereocenters. The van der Waals surface area contributed by atoms with Crippen LogP contribution in [0.3, 0.4) is 0 Å². The van der Waals surface area contributed by atoms with E-state index >= 15 is 0 Å². The first-order valence-corrected chi connectivity index (χ1v) is 7.61. The summed E-state index contributed by atoms with van der Waals surface area (Å²) in [7, 11) is 0. The first kappa shape index (κ1) is 14.6. The molecule has 1 aromatic rings. The fourth-order valence-corrected chi connectivity index (χ4v) is 3.06. The lowest BCUT2D eigenvalue weighted by atomic mass is 9.99. The van der Waals surface area contributed by atoms with Gasteiger partial charge in [0.05, 0.1) is 30.4 Å². The van der Waals surface area contributed by atoms with Gasteiger partial charge < -0.3 is 20.1 Å². The number of morpholine rings is 1. The van der Waals surface area contributed by atoms with E-state index in [2.05, 4.69) is 10.6 Å². The molecule has 3 atom stereocenters. The number of fused-ring (bicyclic) bond motifs is 1. The van der Waals surface area contributed by atoms with E-state index < -0.39 is 0 Å². The van der Waals surface area contributed by atoms with Crippen molar-refractivity contribution >= 4 is 17.5 Å². The van der Waals surface area contributed by atoms with Gasteiger partial charge >= 0.3 is 0 Å². The van der Waals surface area contributed by atoms with Crippen LogP contribution in [0.5, 0.6) is 5.75 Å². The maximum absolute atomic E-state index is 12.4. The number of amides is 1. The molecule has 0 spiro atoms. The third-order valence-electron chi connectivity index (χ3n) is 3.94. The Kier molecular flexibility index (Phi) is 4.33. The molecule has 5 nitrogen and oxygen atoms in total. The summed E-state index contributed by atoms with van der Waals surface area (Å²) in [5, 5.41) is 6.86. The van der Waals surface area contributed by atoms with Gasteiger partial charge in [-0.3, -0.25) is 4.79 Å². The Morgan fingerprint density at radius 2 is 2.29 bits per heavy atom. The second-order valence-corrected chi connectivity index (χ2v) is 5.77. The highest BCUT2D eigenvalue weighted by Gasteiger charge is 2.31. The molecule has 2 aliphatic rings. The highest BCUT2D eigenvalue weighted by Crippen LogP contribution is 2.37. The van der Waals surface area contributed by atoms with Gasteiger partial charge in [-0.25, -0.2) is 0 Å². The lowest BCUT2D eigenvalue weighted by molar-refractivity contribution is -0.129. The van der Waals surface area contributed by atoms with Crippen molar-refractivity contribution in [2.24, 2.45) is 0 Å². The molecule has 1 fully saturated rings. The SMILES string of the molecule is C[C@H]1OCCN[C@@H]1C(=O)NC1CCOc2c(Cl)cccc21. The molecule has 1 aromatic carbocycles. The van der Waals surface area contributed by atoms with E-state index in [9.17, 15) is 4.79 Å². The molecular weight excluding hydrogens is 292 g/mol. The summed E-state index contributed by atoms with van der Waals surface area (Å²) in [6.07, 6.45) is 0.610. The Hall–Kier alpha value is -1.30. The maximum Gasteiger partial charge on any atom is 0.240 e. The minimum Gasteiger partial charge on any atom is -0.492 e. The highest BCUT2D eigenvalue weighted by molar-refractivity contribution is 6.32. The normalized spacial score (nSPS) is 28.4. The third kappa shape index (κ3) is 3.00. The van der Waals surface area contributed by atoms with Gasteiger partial charge in [-0.2, -0.15) is 0 Å². The van der Waals surface area contributed by atoms with Gasteiger partial charge in [0, 0.05) is 18.5 Å². The van der Waals surface area contributed by atoms with Gasteiger partial charge in [0.1, 0.15) is 11.8 Å². The standard InChI is InChI=1S/C15H19ClN2O3/c1-9-13(17-6-8-20-9)15(19)18-12-5-7-21-14-10(12)3-2-4-11(14)16/h2-4,9,12-13,17H,5-8H2,1H3,(H,18,19)/t9-,12?,13+/m1/s1. The Morgan fingerprint density at radius 1 is 1.43 bits per heavy atom. The molecule has 1 saturated heterocycles. The van der Waals surface area contributed by atoms with Gasteiger partial charge in [-0.05, 0) is 13.0 Å². The van der Waals surface area contributed by atoms with Gasteiger partial charge in [0.2, 0.25) is 5.91 Å². The van der Waals surface area contributed by atoms with Crippen molar-refractivity contribution in [2.45, 2.75) is 31.5 Å². The Balaban J connectivity index is 1.74. The predicted molar refractivity (Wildman–Crippen MR) is 79.7 cm³/mol. The van der Waals surface area contributed by atoms with Crippen LogP contribution in [0.2, 0.25) is 5.02 Å². The number of carbonyl (C=O) groups excluding carboxylic acids is 1. The number of rotatable bonds is 2. The van der Waals surface area contributed by atoms with Crippen LogP contribution < -0.4 is 15.4 Å². The van der Waals surface area contributed by atoms with Crippen LogP contribution in [0.15, 0.2) is 18.2 Å². The Morgan fingerprint density at radius 3 is 3.10 bits per heavy atom. The fraction of sp³-hybridized carbons (Fsp3) is 0.533. The number of ether oxygens (including phenoxy) is 2. The number of para-hydroxylation sites is 1. The summed E-state index contributed by atoms with van der Waals surface area (Å²) in [4.78, 5) is 12.4. The molecule has 21 heavy (non-hydrogen) atoms. The van der Waals surface area contributed by atoms with E-state index in [-0.39, 0.29) is 24.1 Å². The summed E-state index contributed by atoms with van der Waals surface area (Å²) in [5.74, 6) is 0.636. The fourth-order valence-electron chi connectivity index (χ4n) is 2.83. The van der Waals surface area contributed by atoms with Crippen LogP contribution in [-0.2, 0) is 9.53 Å². The number of benzene rings is 1. The molecule has 0 aliphatic carbocycles. The Bertz CT molecular complexity index is 538. The van der Waals surface area contributed by atoms with Crippen molar-refractivity contribution in [3.8, 4) is 5.75 Å². The van der Waals surface area contributed by atoms with Crippen LogP contribution in [0.4, 0.5) is 0 Å². The molecule has 114 valence electrons. The van der Waals surface area contributed by atoms with E-state index in [0.717, 1.165) is 12.0 Å². The minimum atomic E-state index is -0.316. The van der Waals surface area contributed by atoms with Crippen molar-refractivity contribution in [1.29, 1.82) is 0 Å². The molecule has 2 heterocycles. The summed E-state index contributed by atoms with van der Waals surface area (Å²) >= 11 is 6.15. The van der Waals surface area contributed by atoms with Crippen LogP contribution in [0.1, 0.15) is 24.9 Å². The third-order valence-corrected chi connectivity index (χ3v) is 4.24.